The number of phosphoric acid groups is 1. The number of nitrogens with one attached hydrogen (secondary N) is 2. The van der Waals surface area contributed by atoms with E-state index in [1.807, 2.05) is 21.1 Å². The number of amides is 2. The summed E-state index contributed by atoms with van der Waals surface area (Å²) < 4.78 is 23.4. The van der Waals surface area contributed by atoms with Gasteiger partial charge in [0.05, 0.1) is 21.1 Å². The van der Waals surface area contributed by atoms with Crippen LogP contribution in [0.25, 0.3) is 0 Å². The summed E-state index contributed by atoms with van der Waals surface area (Å²) in [4.78, 5) is 37.3. The van der Waals surface area contributed by atoms with Gasteiger partial charge in [0.25, 0.3) is 7.82 Å². The number of nitrogens with zero attached hydrogens (tertiary/aromatic N) is 1. The molecule has 0 aromatic heterocycles. The summed E-state index contributed by atoms with van der Waals surface area (Å²) in [6, 6.07) is 0. The molecule has 0 aliphatic heterocycles. The zero-order valence-electron chi connectivity index (χ0n) is 27.9. The van der Waals surface area contributed by atoms with Crippen molar-refractivity contribution in [2.24, 2.45) is 0 Å². The lowest BCUT2D eigenvalue weighted by molar-refractivity contribution is -0.870. The van der Waals surface area contributed by atoms with Crippen molar-refractivity contribution in [3.63, 3.8) is 0 Å². The fraction of sp³-hybridized carbons (Fsp3) is 0.938. The number of phosphoric ester groups is 1. The average Bonchev–Trinajstić information content (AvgIpc) is 2.91. The smallest absolute Gasteiger partial charge is 0.268 e. The molecular formula is C32H66N3O6P. The summed E-state index contributed by atoms with van der Waals surface area (Å²) in [6.45, 7) is 4.89. The largest absolute Gasteiger partial charge is 0.756 e. The molecule has 0 radical (unpaired) electrons. The number of quaternary nitrogens is 1. The van der Waals surface area contributed by atoms with Gasteiger partial charge in [-0.25, -0.2) is 0 Å². The first-order valence-corrected chi connectivity index (χ1v) is 18.4. The third kappa shape index (κ3) is 29.1. The summed E-state index contributed by atoms with van der Waals surface area (Å²) in [7, 11) is 1.21. The Morgan fingerprint density at radius 1 is 0.667 bits per heavy atom. The second-order valence-electron chi connectivity index (χ2n) is 12.8. The molecule has 0 aliphatic carbocycles. The van der Waals surface area contributed by atoms with Crippen LogP contribution in [0.3, 0.4) is 0 Å². The summed E-state index contributed by atoms with van der Waals surface area (Å²) in [5.41, 5.74) is 0. The quantitative estimate of drug-likeness (QED) is 0.0529. The van der Waals surface area contributed by atoms with Gasteiger partial charge in [0.1, 0.15) is 19.3 Å². The first-order chi connectivity index (χ1) is 20.0. The van der Waals surface area contributed by atoms with E-state index in [1.165, 1.54) is 77.0 Å². The van der Waals surface area contributed by atoms with E-state index in [4.69, 9.17) is 9.05 Å². The molecule has 10 heteroatoms. The molecule has 0 aliphatic rings. The molecule has 0 aromatic rings. The maximum Gasteiger partial charge on any atom is 0.268 e. The second kappa shape index (κ2) is 26.4. The summed E-state index contributed by atoms with van der Waals surface area (Å²) in [5.74, 6) is -0.279. The lowest BCUT2D eigenvalue weighted by Gasteiger charge is -2.30. The van der Waals surface area contributed by atoms with E-state index in [0.717, 1.165) is 38.5 Å². The van der Waals surface area contributed by atoms with Crippen LogP contribution < -0.4 is 15.5 Å². The van der Waals surface area contributed by atoms with Gasteiger partial charge in [-0.05, 0) is 12.8 Å². The Hall–Kier alpha value is -0.990. The lowest BCUT2D eigenvalue weighted by atomic mass is 10.1. The van der Waals surface area contributed by atoms with Crippen LogP contribution in [0.15, 0.2) is 0 Å². The minimum absolute atomic E-state index is 0.00702. The molecule has 2 N–H and O–H groups in total. The predicted octanol–water partition coefficient (Wildman–Crippen LogP) is 6.64. The van der Waals surface area contributed by atoms with Gasteiger partial charge in [0.2, 0.25) is 11.8 Å². The lowest BCUT2D eigenvalue weighted by Crippen LogP contribution is -2.42. The molecule has 0 bridgehead atoms. The molecule has 1 unspecified atom stereocenters. The number of hydrogen-bond acceptors (Lipinski definition) is 6. The van der Waals surface area contributed by atoms with Crippen molar-refractivity contribution < 1.29 is 32.6 Å². The van der Waals surface area contributed by atoms with E-state index >= 15 is 0 Å². The van der Waals surface area contributed by atoms with Crippen molar-refractivity contribution >= 4 is 19.6 Å². The number of likely N-dealkylation sites (N-methyl/N-ethyl adjacent to an activating group) is 1. The van der Waals surface area contributed by atoms with E-state index in [9.17, 15) is 19.0 Å². The Balaban J connectivity index is 4.49. The third-order valence-electron chi connectivity index (χ3n) is 7.36. The maximum atomic E-state index is 12.5. The molecule has 0 fully saturated rings. The van der Waals surface area contributed by atoms with E-state index in [-0.39, 0.29) is 31.5 Å². The van der Waals surface area contributed by atoms with Gasteiger partial charge < -0.3 is 29.1 Å². The van der Waals surface area contributed by atoms with Crippen LogP contribution in [0.5, 0.6) is 0 Å². The van der Waals surface area contributed by atoms with Gasteiger partial charge in [0.15, 0.2) is 0 Å². The zero-order chi connectivity index (χ0) is 31.5. The van der Waals surface area contributed by atoms with Gasteiger partial charge in [0, 0.05) is 25.9 Å². The van der Waals surface area contributed by atoms with Gasteiger partial charge in [-0.2, -0.15) is 0 Å². The topological polar surface area (TPSA) is 117 Å². The van der Waals surface area contributed by atoms with Crippen LogP contribution in [0.4, 0.5) is 0 Å². The maximum absolute atomic E-state index is 12.5. The summed E-state index contributed by atoms with van der Waals surface area (Å²) in [5, 5.41) is 5.57. The highest BCUT2D eigenvalue weighted by Gasteiger charge is 2.21. The van der Waals surface area contributed by atoms with Crippen LogP contribution in [-0.2, 0) is 23.2 Å². The molecule has 0 spiro atoms. The molecule has 0 aromatic carbocycles. The van der Waals surface area contributed by atoms with Gasteiger partial charge >= 0.3 is 0 Å². The SMILES string of the molecule is CCCCCCCCCCCC(=O)NCC(CNC(=O)CCCCCCCCCCC)OP(=O)([O-])OCC[N+](C)(C)C. The Morgan fingerprint density at radius 2 is 1.02 bits per heavy atom. The normalized spacial score (nSPS) is 13.3. The van der Waals surface area contributed by atoms with Crippen molar-refractivity contribution in [3.05, 3.63) is 0 Å². The summed E-state index contributed by atoms with van der Waals surface area (Å²) >= 11 is 0. The van der Waals surface area contributed by atoms with Crippen LogP contribution in [-0.4, -0.2) is 69.8 Å². The summed E-state index contributed by atoms with van der Waals surface area (Å²) in [6.07, 6.45) is 20.9. The highest BCUT2D eigenvalue weighted by Crippen LogP contribution is 2.39. The van der Waals surface area contributed by atoms with Crippen LogP contribution in [0.1, 0.15) is 142 Å². The molecule has 1 atom stereocenters. The molecule has 0 rings (SSSR count). The fourth-order valence-corrected chi connectivity index (χ4v) is 5.49. The number of carbonyl (C=O) groups is 2. The van der Waals surface area contributed by atoms with E-state index in [0.29, 0.717) is 23.9 Å². The fourth-order valence-electron chi connectivity index (χ4n) is 4.61. The van der Waals surface area contributed by atoms with Crippen molar-refractivity contribution in [2.75, 3.05) is 47.4 Å². The highest BCUT2D eigenvalue weighted by atomic mass is 31.2. The average molecular weight is 620 g/mol. The minimum Gasteiger partial charge on any atom is -0.756 e. The molecule has 250 valence electrons. The Bertz CT molecular complexity index is 679. The van der Waals surface area contributed by atoms with Crippen molar-refractivity contribution in [1.82, 2.24) is 10.6 Å². The van der Waals surface area contributed by atoms with E-state index in [2.05, 4.69) is 24.5 Å². The molecule has 9 nitrogen and oxygen atoms in total. The minimum atomic E-state index is -4.61. The first kappa shape index (κ1) is 41.0. The van der Waals surface area contributed by atoms with E-state index < -0.39 is 13.9 Å². The van der Waals surface area contributed by atoms with Gasteiger partial charge in [-0.15, -0.1) is 0 Å². The first-order valence-electron chi connectivity index (χ1n) is 17.0. The van der Waals surface area contributed by atoms with Crippen molar-refractivity contribution in [1.29, 1.82) is 0 Å². The second-order valence-corrected chi connectivity index (χ2v) is 14.2. The third-order valence-corrected chi connectivity index (χ3v) is 8.41. The Labute approximate surface area is 258 Å². The van der Waals surface area contributed by atoms with Crippen molar-refractivity contribution in [2.45, 2.75) is 148 Å². The molecule has 2 amide bonds. The Morgan fingerprint density at radius 3 is 1.38 bits per heavy atom. The standard InChI is InChI=1S/C32H66N3O6P/c1-6-8-10-12-14-16-18-20-22-24-31(36)33-28-30(41-42(38,39)40-27-26-35(3,4)5)29-34-32(37)25-23-21-19-17-15-13-11-9-7-2/h30H,6-29H2,1-5H3,(H2-,33,34,36,37,38,39). The number of carbonyl (C=O) groups excluding carboxylic acids is 2. The zero-order valence-corrected chi connectivity index (χ0v) is 28.8. The predicted molar refractivity (Wildman–Crippen MR) is 171 cm³/mol. The molecule has 0 saturated carbocycles. The van der Waals surface area contributed by atoms with Crippen LogP contribution in [0, 0.1) is 0 Å². The van der Waals surface area contributed by atoms with E-state index in [1.54, 1.807) is 0 Å². The van der Waals surface area contributed by atoms with Crippen molar-refractivity contribution in [3.8, 4) is 0 Å². The monoisotopic (exact) mass is 619 g/mol. The molecule has 42 heavy (non-hydrogen) atoms. The van der Waals surface area contributed by atoms with Gasteiger partial charge in [-0.1, -0.05) is 117 Å². The van der Waals surface area contributed by atoms with Crippen LogP contribution in [0.2, 0.25) is 0 Å². The number of unbranched alkanes of at least 4 members (excludes halogenated alkanes) is 16. The molecule has 0 heterocycles. The number of hydrogen-bond donors (Lipinski definition) is 2. The Kier molecular flexibility index (Phi) is 25.8. The number of rotatable bonds is 30. The highest BCUT2D eigenvalue weighted by molar-refractivity contribution is 7.45. The molecular weight excluding hydrogens is 553 g/mol. The molecule has 0 saturated heterocycles. The van der Waals surface area contributed by atoms with Crippen LogP contribution >= 0.6 is 7.82 Å². The van der Waals surface area contributed by atoms with Gasteiger partial charge in [-0.3, -0.25) is 14.2 Å².